The van der Waals surface area contributed by atoms with Gasteiger partial charge >= 0.3 is 0 Å². The van der Waals surface area contributed by atoms with Gasteiger partial charge in [0.25, 0.3) is 0 Å². The Hall–Kier alpha value is -1.37. The van der Waals surface area contributed by atoms with Crippen LogP contribution in [0.4, 0.5) is 0 Å². The molecule has 2 atom stereocenters. The maximum absolute atomic E-state index is 10.4. The molecule has 84 valence electrons. The summed E-state index contributed by atoms with van der Waals surface area (Å²) in [5, 5.41) is 0. The summed E-state index contributed by atoms with van der Waals surface area (Å²) in [5.41, 5.74) is 1.42. The van der Waals surface area contributed by atoms with Crippen LogP contribution in [0.1, 0.15) is 37.2 Å². The summed E-state index contributed by atoms with van der Waals surface area (Å²) in [7, 11) is 0. The molecule has 1 aliphatic rings. The van der Waals surface area contributed by atoms with Crippen LogP contribution in [0, 0.1) is 5.92 Å². The molecule has 1 heteroatoms. The molecule has 0 heterocycles. The summed E-state index contributed by atoms with van der Waals surface area (Å²) >= 11 is 0. The van der Waals surface area contributed by atoms with E-state index in [0.717, 1.165) is 6.29 Å². The van der Waals surface area contributed by atoms with Gasteiger partial charge in [0.15, 0.2) is 0 Å². The lowest BCUT2D eigenvalue weighted by atomic mass is 9.75. The van der Waals surface area contributed by atoms with Gasteiger partial charge in [-0.2, -0.15) is 0 Å². The molecule has 0 aliphatic heterocycles. The van der Waals surface area contributed by atoms with Crippen LogP contribution in [0.5, 0.6) is 0 Å². The van der Waals surface area contributed by atoms with E-state index in [0.29, 0.717) is 11.8 Å². The number of benzene rings is 1. The number of rotatable bonds is 3. The highest BCUT2D eigenvalue weighted by molar-refractivity contribution is 5.64. The Labute approximate surface area is 97.2 Å². The van der Waals surface area contributed by atoms with Gasteiger partial charge in [-0.3, -0.25) is 4.79 Å². The highest BCUT2D eigenvalue weighted by Crippen LogP contribution is 2.38. The van der Waals surface area contributed by atoms with Gasteiger partial charge in [0.1, 0.15) is 6.29 Å². The first-order valence-electron chi connectivity index (χ1n) is 6.08. The minimum absolute atomic E-state index is 0.543. The molecule has 0 saturated heterocycles. The van der Waals surface area contributed by atoms with Crippen molar-refractivity contribution >= 4 is 6.29 Å². The van der Waals surface area contributed by atoms with Gasteiger partial charge in [-0.25, -0.2) is 0 Å². The van der Waals surface area contributed by atoms with E-state index in [1.54, 1.807) is 6.08 Å². The van der Waals surface area contributed by atoms with Crippen molar-refractivity contribution in [2.45, 2.75) is 31.6 Å². The van der Waals surface area contributed by atoms with Crippen molar-refractivity contribution in [3.05, 3.63) is 48.0 Å². The van der Waals surface area contributed by atoms with E-state index in [1.165, 1.54) is 31.2 Å². The molecule has 1 saturated carbocycles. The number of hydrogen-bond acceptors (Lipinski definition) is 1. The summed E-state index contributed by atoms with van der Waals surface area (Å²) in [4.78, 5) is 10.4. The van der Waals surface area contributed by atoms with Crippen LogP contribution in [0.15, 0.2) is 42.5 Å². The van der Waals surface area contributed by atoms with Crippen molar-refractivity contribution < 1.29 is 4.79 Å². The molecule has 0 bridgehead atoms. The van der Waals surface area contributed by atoms with Crippen molar-refractivity contribution in [1.29, 1.82) is 0 Å². The fourth-order valence-electron chi connectivity index (χ4n) is 2.69. The van der Waals surface area contributed by atoms with E-state index in [-0.39, 0.29) is 0 Å². The number of hydrogen-bond donors (Lipinski definition) is 0. The van der Waals surface area contributed by atoms with Crippen LogP contribution in [-0.4, -0.2) is 6.29 Å². The van der Waals surface area contributed by atoms with Gasteiger partial charge in [-0.1, -0.05) is 49.2 Å². The Kier molecular flexibility index (Phi) is 3.92. The third-order valence-corrected chi connectivity index (χ3v) is 3.48. The first-order valence-corrected chi connectivity index (χ1v) is 6.08. The Balaban J connectivity index is 2.16. The second kappa shape index (κ2) is 5.64. The minimum atomic E-state index is 0.543. The van der Waals surface area contributed by atoms with Crippen LogP contribution < -0.4 is 0 Å². The van der Waals surface area contributed by atoms with Crippen LogP contribution in [0.25, 0.3) is 0 Å². The van der Waals surface area contributed by atoms with Gasteiger partial charge in [-0.15, -0.1) is 0 Å². The highest BCUT2D eigenvalue weighted by atomic mass is 16.1. The van der Waals surface area contributed by atoms with Gasteiger partial charge in [0.05, 0.1) is 0 Å². The molecule has 0 aromatic heterocycles. The topological polar surface area (TPSA) is 17.1 Å². The van der Waals surface area contributed by atoms with Crippen LogP contribution in [-0.2, 0) is 4.79 Å². The number of aldehydes is 1. The zero-order chi connectivity index (χ0) is 11.2. The zero-order valence-electron chi connectivity index (χ0n) is 9.51. The molecule has 0 amide bonds. The number of allylic oxidation sites excluding steroid dienone is 2. The zero-order valence-corrected chi connectivity index (χ0v) is 9.51. The predicted molar refractivity (Wildman–Crippen MR) is 66.3 cm³/mol. The van der Waals surface area contributed by atoms with Gasteiger partial charge < -0.3 is 0 Å². The van der Waals surface area contributed by atoms with Gasteiger partial charge in [0.2, 0.25) is 0 Å². The molecule has 2 rings (SSSR count). The summed E-state index contributed by atoms with van der Waals surface area (Å²) < 4.78 is 0. The van der Waals surface area contributed by atoms with E-state index < -0.39 is 0 Å². The molecule has 1 fully saturated rings. The molecule has 0 radical (unpaired) electrons. The highest BCUT2D eigenvalue weighted by Gasteiger charge is 2.23. The lowest BCUT2D eigenvalue weighted by Crippen LogP contribution is -2.15. The quantitative estimate of drug-likeness (QED) is 0.553. The maximum atomic E-state index is 10.4. The summed E-state index contributed by atoms with van der Waals surface area (Å²) in [6.45, 7) is 0. The first kappa shape index (κ1) is 11.1. The molecular weight excluding hydrogens is 196 g/mol. The predicted octanol–water partition coefficient (Wildman–Crippen LogP) is 3.72. The molecule has 1 nitrogen and oxygen atoms in total. The van der Waals surface area contributed by atoms with Crippen LogP contribution in [0.3, 0.4) is 0 Å². The smallest absolute Gasteiger partial charge is 0.142 e. The maximum Gasteiger partial charge on any atom is 0.142 e. The average molecular weight is 214 g/mol. The number of carbonyl (C=O) groups excluding carboxylic acids is 1. The molecule has 16 heavy (non-hydrogen) atoms. The monoisotopic (exact) mass is 214 g/mol. The standard InChI is InChI=1S/C15H18O/c16-12-6-10-14-9-4-5-11-15(14)13-7-2-1-3-8-13/h1-3,6-8,10,12,14-15H,4-5,9,11H2/b10-6+/t14-,15-/m1/s1. The molecule has 1 aromatic rings. The molecule has 1 aromatic carbocycles. The Morgan fingerprint density at radius 3 is 2.56 bits per heavy atom. The fraction of sp³-hybridized carbons (Fsp3) is 0.400. The molecule has 1 aliphatic carbocycles. The summed E-state index contributed by atoms with van der Waals surface area (Å²) in [6.07, 6.45) is 9.69. The van der Waals surface area contributed by atoms with Gasteiger partial charge in [-0.05, 0) is 36.3 Å². The van der Waals surface area contributed by atoms with Crippen molar-refractivity contribution in [1.82, 2.24) is 0 Å². The molecule has 0 unspecified atom stereocenters. The van der Waals surface area contributed by atoms with Crippen LogP contribution in [0.2, 0.25) is 0 Å². The SMILES string of the molecule is O=C/C=C/[C@H]1CCCC[C@@H]1c1ccccc1. The lowest BCUT2D eigenvalue weighted by molar-refractivity contribution is -0.104. The normalized spacial score (nSPS) is 25.8. The fourth-order valence-corrected chi connectivity index (χ4v) is 2.69. The Morgan fingerprint density at radius 2 is 1.81 bits per heavy atom. The number of carbonyl (C=O) groups is 1. The van der Waals surface area contributed by atoms with Crippen molar-refractivity contribution in [2.24, 2.45) is 5.92 Å². The van der Waals surface area contributed by atoms with E-state index in [4.69, 9.17) is 0 Å². The molecule has 0 spiro atoms. The first-order chi connectivity index (χ1) is 7.92. The largest absolute Gasteiger partial charge is 0.299 e. The lowest BCUT2D eigenvalue weighted by Gasteiger charge is -2.29. The van der Waals surface area contributed by atoms with E-state index in [9.17, 15) is 4.79 Å². The average Bonchev–Trinajstić information content (AvgIpc) is 2.38. The Morgan fingerprint density at radius 1 is 1.06 bits per heavy atom. The van der Waals surface area contributed by atoms with E-state index in [1.807, 2.05) is 0 Å². The van der Waals surface area contributed by atoms with Crippen LogP contribution >= 0.6 is 0 Å². The second-order valence-corrected chi connectivity index (χ2v) is 4.49. The molecular formula is C15H18O. The minimum Gasteiger partial charge on any atom is -0.299 e. The molecule has 0 N–H and O–H groups in total. The Bertz CT molecular complexity index is 353. The third-order valence-electron chi connectivity index (χ3n) is 3.48. The van der Waals surface area contributed by atoms with Crippen molar-refractivity contribution in [3.63, 3.8) is 0 Å². The van der Waals surface area contributed by atoms with E-state index in [2.05, 4.69) is 36.4 Å². The van der Waals surface area contributed by atoms with E-state index >= 15 is 0 Å². The van der Waals surface area contributed by atoms with Crippen molar-refractivity contribution in [3.8, 4) is 0 Å². The summed E-state index contributed by atoms with van der Waals surface area (Å²) in [6, 6.07) is 10.7. The third kappa shape index (κ3) is 2.60. The second-order valence-electron chi connectivity index (χ2n) is 4.49. The van der Waals surface area contributed by atoms with Crippen molar-refractivity contribution in [2.75, 3.05) is 0 Å². The van der Waals surface area contributed by atoms with Gasteiger partial charge in [0, 0.05) is 0 Å². The summed E-state index contributed by atoms with van der Waals surface area (Å²) in [5.74, 6) is 1.15.